The van der Waals surface area contributed by atoms with E-state index in [9.17, 15) is 18.5 Å². The van der Waals surface area contributed by atoms with Crippen LogP contribution in [0.1, 0.15) is 18.5 Å². The number of hydrogen-bond acceptors (Lipinski definition) is 8. The van der Waals surface area contributed by atoms with Crippen LogP contribution in [0.15, 0.2) is 35.2 Å². The molecule has 0 atom stereocenters. The molecule has 0 bridgehead atoms. The van der Waals surface area contributed by atoms with Gasteiger partial charge in [-0.2, -0.15) is 9.29 Å². The van der Waals surface area contributed by atoms with Gasteiger partial charge >= 0.3 is 0 Å². The normalized spacial score (nSPS) is 18.0. The number of aryl methyl sites for hydroxylation is 1. The van der Waals surface area contributed by atoms with E-state index in [2.05, 4.69) is 9.88 Å². The van der Waals surface area contributed by atoms with Crippen LogP contribution in [-0.4, -0.2) is 66.9 Å². The van der Waals surface area contributed by atoms with E-state index in [1.54, 1.807) is 0 Å². The lowest BCUT2D eigenvalue weighted by Crippen LogP contribution is -2.49. The first-order valence-electron chi connectivity index (χ1n) is 9.95. The number of non-ortho nitro benzene ring substituents is 1. The van der Waals surface area contributed by atoms with E-state index in [1.807, 2.05) is 17.9 Å². The zero-order valence-corrected chi connectivity index (χ0v) is 17.6. The highest BCUT2D eigenvalue weighted by molar-refractivity contribution is 7.89. The van der Waals surface area contributed by atoms with Crippen LogP contribution < -0.4 is 9.80 Å². The SMILES string of the molecule is Cc1cc(N2CCCC2)nc(N2CCN(S(=O)(=O)c3cccc([N+](=O)[O-])c3)CC2)n1. The molecule has 0 unspecified atom stereocenters. The number of sulfonamides is 1. The average molecular weight is 433 g/mol. The molecule has 2 saturated heterocycles. The lowest BCUT2D eigenvalue weighted by atomic mass is 10.3. The molecule has 2 aliphatic heterocycles. The summed E-state index contributed by atoms with van der Waals surface area (Å²) in [6.45, 7) is 5.36. The molecule has 0 radical (unpaired) electrons. The van der Waals surface area contributed by atoms with E-state index in [0.29, 0.717) is 19.0 Å². The van der Waals surface area contributed by atoms with Crippen LogP contribution in [-0.2, 0) is 10.0 Å². The molecule has 2 fully saturated rings. The van der Waals surface area contributed by atoms with Gasteiger partial charge in [-0.25, -0.2) is 13.4 Å². The summed E-state index contributed by atoms with van der Waals surface area (Å²) in [4.78, 5) is 23.8. The number of benzene rings is 1. The molecule has 1 aromatic carbocycles. The van der Waals surface area contributed by atoms with Gasteiger partial charge in [0.2, 0.25) is 16.0 Å². The summed E-state index contributed by atoms with van der Waals surface area (Å²) in [7, 11) is -3.80. The van der Waals surface area contributed by atoms with Crippen LogP contribution in [0, 0.1) is 17.0 Å². The summed E-state index contributed by atoms with van der Waals surface area (Å²) >= 11 is 0. The predicted molar refractivity (Wildman–Crippen MR) is 112 cm³/mol. The van der Waals surface area contributed by atoms with E-state index in [-0.39, 0.29) is 23.7 Å². The van der Waals surface area contributed by atoms with E-state index in [1.165, 1.54) is 22.5 Å². The Hall–Kier alpha value is -2.79. The molecule has 160 valence electrons. The maximum atomic E-state index is 12.9. The predicted octanol–water partition coefficient (Wildman–Crippen LogP) is 1.80. The third kappa shape index (κ3) is 4.08. The quantitative estimate of drug-likeness (QED) is 0.519. The van der Waals surface area contributed by atoms with Crippen molar-refractivity contribution in [1.82, 2.24) is 14.3 Å². The highest BCUT2D eigenvalue weighted by Crippen LogP contribution is 2.25. The van der Waals surface area contributed by atoms with Crippen molar-refractivity contribution in [2.75, 3.05) is 49.1 Å². The minimum absolute atomic E-state index is 0.0618. The van der Waals surface area contributed by atoms with Gasteiger partial charge in [0.1, 0.15) is 5.82 Å². The smallest absolute Gasteiger partial charge is 0.270 e. The van der Waals surface area contributed by atoms with Crippen LogP contribution >= 0.6 is 0 Å². The molecular formula is C19H24N6O4S. The highest BCUT2D eigenvalue weighted by atomic mass is 32.2. The number of rotatable bonds is 5. The first kappa shape index (κ1) is 20.5. The molecule has 2 aliphatic rings. The van der Waals surface area contributed by atoms with Gasteiger partial charge in [-0.1, -0.05) is 6.07 Å². The summed E-state index contributed by atoms with van der Waals surface area (Å²) in [6.07, 6.45) is 2.32. The molecule has 3 heterocycles. The maximum Gasteiger partial charge on any atom is 0.270 e. The van der Waals surface area contributed by atoms with Crippen molar-refractivity contribution < 1.29 is 13.3 Å². The van der Waals surface area contributed by atoms with E-state index >= 15 is 0 Å². The van der Waals surface area contributed by atoms with Gasteiger partial charge in [-0.3, -0.25) is 10.1 Å². The second-order valence-electron chi connectivity index (χ2n) is 7.51. The molecule has 1 aromatic heterocycles. The number of hydrogen-bond donors (Lipinski definition) is 0. The Morgan fingerprint density at radius 1 is 0.967 bits per heavy atom. The van der Waals surface area contributed by atoms with E-state index in [0.717, 1.165) is 43.5 Å². The first-order chi connectivity index (χ1) is 14.3. The van der Waals surface area contributed by atoms with E-state index < -0.39 is 14.9 Å². The van der Waals surface area contributed by atoms with Crippen LogP contribution in [0.2, 0.25) is 0 Å². The number of nitro benzene ring substituents is 1. The average Bonchev–Trinajstić information content (AvgIpc) is 3.28. The van der Waals surface area contributed by atoms with Gasteiger partial charge in [-0.15, -0.1) is 0 Å². The molecule has 0 aliphatic carbocycles. The van der Waals surface area contributed by atoms with Crippen molar-refractivity contribution in [3.05, 3.63) is 46.1 Å². The van der Waals surface area contributed by atoms with Crippen molar-refractivity contribution in [3.63, 3.8) is 0 Å². The molecule has 4 rings (SSSR count). The summed E-state index contributed by atoms with van der Waals surface area (Å²) in [6, 6.07) is 7.15. The van der Waals surface area contributed by atoms with Gasteiger partial charge in [0, 0.05) is 63.2 Å². The lowest BCUT2D eigenvalue weighted by molar-refractivity contribution is -0.385. The van der Waals surface area contributed by atoms with Gasteiger partial charge in [0.15, 0.2) is 0 Å². The number of aromatic nitrogens is 2. The fraction of sp³-hybridized carbons (Fsp3) is 0.474. The fourth-order valence-corrected chi connectivity index (χ4v) is 5.28. The molecule has 10 nitrogen and oxygen atoms in total. The molecule has 0 spiro atoms. The molecule has 30 heavy (non-hydrogen) atoms. The highest BCUT2D eigenvalue weighted by Gasteiger charge is 2.30. The first-order valence-corrected chi connectivity index (χ1v) is 11.4. The minimum atomic E-state index is -3.80. The molecule has 2 aromatic rings. The third-order valence-electron chi connectivity index (χ3n) is 5.45. The van der Waals surface area contributed by atoms with Crippen LogP contribution in [0.5, 0.6) is 0 Å². The second kappa shape index (κ2) is 8.15. The number of nitro groups is 1. The lowest BCUT2D eigenvalue weighted by Gasteiger charge is -2.34. The van der Waals surface area contributed by atoms with Crippen molar-refractivity contribution >= 4 is 27.5 Å². The number of piperazine rings is 1. The second-order valence-corrected chi connectivity index (χ2v) is 9.45. The third-order valence-corrected chi connectivity index (χ3v) is 7.34. The molecule has 0 saturated carbocycles. The van der Waals surface area contributed by atoms with Gasteiger partial charge in [-0.05, 0) is 25.8 Å². The Balaban J connectivity index is 1.49. The van der Waals surface area contributed by atoms with Crippen molar-refractivity contribution in [1.29, 1.82) is 0 Å². The zero-order valence-electron chi connectivity index (χ0n) is 16.8. The van der Waals surface area contributed by atoms with Gasteiger partial charge in [0.25, 0.3) is 5.69 Å². The Kier molecular flexibility index (Phi) is 5.56. The van der Waals surface area contributed by atoms with Gasteiger partial charge in [0.05, 0.1) is 9.82 Å². The Labute approximate surface area is 175 Å². The van der Waals surface area contributed by atoms with Crippen molar-refractivity contribution in [2.45, 2.75) is 24.7 Å². The molecule has 11 heteroatoms. The molecule has 0 amide bonds. The topological polar surface area (TPSA) is 113 Å². The van der Waals surface area contributed by atoms with E-state index in [4.69, 9.17) is 4.98 Å². The Bertz CT molecular complexity index is 1050. The molecule has 0 N–H and O–H groups in total. The van der Waals surface area contributed by atoms with Crippen LogP contribution in [0.4, 0.5) is 17.5 Å². The standard InChI is InChI=1S/C19H24N6O4S/c1-15-13-18(22-7-2-3-8-22)21-19(20-15)23-9-11-24(12-10-23)30(28,29)17-6-4-5-16(14-17)25(26)27/h4-6,13-14H,2-3,7-12H2,1H3. The van der Waals surface area contributed by atoms with Crippen LogP contribution in [0.3, 0.4) is 0 Å². The summed E-state index contributed by atoms with van der Waals surface area (Å²) in [5.41, 5.74) is 0.644. The number of nitrogens with zero attached hydrogens (tertiary/aromatic N) is 6. The summed E-state index contributed by atoms with van der Waals surface area (Å²) in [5.74, 6) is 1.53. The molecular weight excluding hydrogens is 408 g/mol. The van der Waals surface area contributed by atoms with Crippen LogP contribution in [0.25, 0.3) is 0 Å². The maximum absolute atomic E-state index is 12.9. The van der Waals surface area contributed by atoms with Crippen molar-refractivity contribution in [3.8, 4) is 0 Å². The zero-order chi connectivity index (χ0) is 21.3. The monoisotopic (exact) mass is 432 g/mol. The minimum Gasteiger partial charge on any atom is -0.356 e. The van der Waals surface area contributed by atoms with Crippen molar-refractivity contribution in [2.24, 2.45) is 0 Å². The van der Waals surface area contributed by atoms with Gasteiger partial charge < -0.3 is 9.80 Å². The number of anilines is 2. The Morgan fingerprint density at radius 2 is 1.67 bits per heavy atom. The summed E-state index contributed by atoms with van der Waals surface area (Å²) in [5, 5.41) is 11.0. The largest absolute Gasteiger partial charge is 0.356 e. The Morgan fingerprint density at radius 3 is 2.33 bits per heavy atom. The summed E-state index contributed by atoms with van der Waals surface area (Å²) < 4.78 is 27.2. The fourth-order valence-electron chi connectivity index (χ4n) is 3.82.